The molecule has 2 heterocycles. The highest BCUT2D eigenvalue weighted by Crippen LogP contribution is 2.19. The van der Waals surface area contributed by atoms with Gasteiger partial charge in [-0.1, -0.05) is 11.6 Å². The minimum Gasteiger partial charge on any atom is -0.267 e. The van der Waals surface area contributed by atoms with Gasteiger partial charge < -0.3 is 0 Å². The van der Waals surface area contributed by atoms with Crippen molar-refractivity contribution in [3.05, 3.63) is 52.0 Å². The highest BCUT2D eigenvalue weighted by Gasteiger charge is 2.11. The summed E-state index contributed by atoms with van der Waals surface area (Å²) in [6.45, 7) is 0. The summed E-state index contributed by atoms with van der Waals surface area (Å²) < 4.78 is 24.4. The van der Waals surface area contributed by atoms with E-state index >= 15 is 0 Å². The van der Waals surface area contributed by atoms with E-state index in [4.69, 9.17) is 11.6 Å². The quantitative estimate of drug-likeness (QED) is 0.728. The number of sulfone groups is 1. The summed E-state index contributed by atoms with van der Waals surface area (Å²) >= 11 is 5.85. The molecule has 1 aromatic carbocycles. The molecular formula is C13H10ClN3O3S. The monoisotopic (exact) mass is 323 g/mol. The molecule has 0 amide bonds. The molecule has 2 aromatic heterocycles. The van der Waals surface area contributed by atoms with Crippen molar-refractivity contribution in [2.45, 2.75) is 4.90 Å². The smallest absolute Gasteiger partial charge is 0.267 e. The predicted molar refractivity (Wildman–Crippen MR) is 79.8 cm³/mol. The lowest BCUT2D eigenvalue weighted by atomic mass is 10.3. The van der Waals surface area contributed by atoms with Crippen molar-refractivity contribution >= 4 is 32.3 Å². The Morgan fingerprint density at radius 2 is 1.90 bits per heavy atom. The van der Waals surface area contributed by atoms with E-state index in [9.17, 15) is 13.2 Å². The zero-order valence-corrected chi connectivity index (χ0v) is 12.4. The van der Waals surface area contributed by atoms with Crippen LogP contribution >= 0.6 is 11.6 Å². The number of hydrogen-bond acceptors (Lipinski definition) is 4. The van der Waals surface area contributed by atoms with Crippen molar-refractivity contribution < 1.29 is 8.42 Å². The summed E-state index contributed by atoms with van der Waals surface area (Å²) in [5, 5.41) is 3.34. The van der Waals surface area contributed by atoms with Gasteiger partial charge in [-0.15, -0.1) is 0 Å². The Balaban J connectivity index is 2.21. The van der Waals surface area contributed by atoms with Crippen molar-refractivity contribution in [3.8, 4) is 5.69 Å². The number of nitrogens with zero attached hydrogens (tertiary/aromatic N) is 2. The molecular weight excluding hydrogens is 314 g/mol. The number of aromatic nitrogens is 3. The number of benzene rings is 1. The molecule has 0 atom stereocenters. The number of aromatic amines is 1. The second-order valence-corrected chi connectivity index (χ2v) is 6.97. The van der Waals surface area contributed by atoms with Crippen LogP contribution in [-0.2, 0) is 9.84 Å². The molecule has 6 nitrogen and oxygen atoms in total. The third kappa shape index (κ3) is 2.45. The van der Waals surface area contributed by atoms with E-state index in [-0.39, 0.29) is 15.6 Å². The summed E-state index contributed by atoms with van der Waals surface area (Å²) in [4.78, 5) is 15.9. The summed E-state index contributed by atoms with van der Waals surface area (Å²) in [6, 6.07) is 7.76. The Morgan fingerprint density at radius 3 is 2.52 bits per heavy atom. The Bertz CT molecular complexity index is 988. The van der Waals surface area contributed by atoms with Crippen LogP contribution in [0.25, 0.3) is 16.6 Å². The molecule has 8 heteroatoms. The fourth-order valence-electron chi connectivity index (χ4n) is 2.05. The Hall–Kier alpha value is -2.12. The first-order chi connectivity index (χ1) is 9.86. The van der Waals surface area contributed by atoms with E-state index in [0.29, 0.717) is 16.6 Å². The topological polar surface area (TPSA) is 84.8 Å². The Kier molecular flexibility index (Phi) is 3.11. The highest BCUT2D eigenvalue weighted by atomic mass is 35.5. The van der Waals surface area contributed by atoms with Crippen molar-refractivity contribution in [2.75, 3.05) is 6.26 Å². The minimum atomic E-state index is -3.26. The maximum Gasteiger partial charge on any atom is 0.273 e. The van der Waals surface area contributed by atoms with Crippen LogP contribution in [0, 0.1) is 0 Å². The van der Waals surface area contributed by atoms with Gasteiger partial charge in [0.2, 0.25) is 0 Å². The van der Waals surface area contributed by atoms with Crippen LogP contribution in [0.5, 0.6) is 0 Å². The second kappa shape index (κ2) is 4.71. The van der Waals surface area contributed by atoms with E-state index < -0.39 is 9.84 Å². The third-order valence-electron chi connectivity index (χ3n) is 3.07. The molecule has 108 valence electrons. The van der Waals surface area contributed by atoms with Gasteiger partial charge in [0.05, 0.1) is 21.5 Å². The fourth-order valence-corrected chi connectivity index (χ4v) is 2.83. The van der Waals surface area contributed by atoms with Crippen LogP contribution < -0.4 is 5.56 Å². The average Bonchev–Trinajstić information content (AvgIpc) is 2.75. The maximum absolute atomic E-state index is 11.9. The molecule has 0 aliphatic heterocycles. The highest BCUT2D eigenvalue weighted by molar-refractivity contribution is 7.90. The fraction of sp³-hybridized carbons (Fsp3) is 0.0769. The van der Waals surface area contributed by atoms with Gasteiger partial charge in [0.1, 0.15) is 5.15 Å². The van der Waals surface area contributed by atoms with E-state index in [2.05, 4.69) is 10.1 Å². The van der Waals surface area contributed by atoms with Crippen molar-refractivity contribution in [1.82, 2.24) is 14.8 Å². The minimum absolute atomic E-state index is 0.213. The molecule has 3 aromatic rings. The molecule has 0 aliphatic carbocycles. The van der Waals surface area contributed by atoms with Gasteiger partial charge >= 0.3 is 0 Å². The third-order valence-corrected chi connectivity index (χ3v) is 4.41. The summed E-state index contributed by atoms with van der Waals surface area (Å²) in [5.74, 6) is 0. The van der Waals surface area contributed by atoms with Crippen LogP contribution in [0.2, 0.25) is 5.15 Å². The van der Waals surface area contributed by atoms with Crippen molar-refractivity contribution in [3.63, 3.8) is 0 Å². The maximum atomic E-state index is 11.9. The van der Waals surface area contributed by atoms with Crippen LogP contribution in [0.15, 0.2) is 46.2 Å². The molecule has 0 saturated carbocycles. The van der Waals surface area contributed by atoms with Crippen molar-refractivity contribution in [1.29, 1.82) is 0 Å². The molecule has 0 spiro atoms. The second-order valence-electron chi connectivity index (χ2n) is 4.57. The lowest BCUT2D eigenvalue weighted by Crippen LogP contribution is -2.04. The number of pyridine rings is 1. The number of nitrogens with one attached hydrogen (secondary N) is 1. The standard InChI is InChI=1S/C13H10ClN3O3S/c1-21(19,20)9-4-2-8(3-5-9)17-11-6-12(14)15-7-10(11)13(18)16-17/h2-7H,1H3,(H,16,18). The van der Waals surface area contributed by atoms with Gasteiger partial charge in [-0.05, 0) is 24.3 Å². The van der Waals surface area contributed by atoms with E-state index in [1.165, 1.54) is 23.0 Å². The zero-order chi connectivity index (χ0) is 15.2. The molecule has 0 aliphatic rings. The van der Waals surface area contributed by atoms with Crippen LogP contribution in [0.4, 0.5) is 0 Å². The number of fused-ring (bicyclic) bond motifs is 1. The molecule has 0 saturated heterocycles. The molecule has 3 rings (SSSR count). The Labute approximate surface area is 124 Å². The SMILES string of the molecule is CS(=O)(=O)c1ccc(-n2[nH]c(=O)c3cnc(Cl)cc32)cc1. The molecule has 0 radical (unpaired) electrons. The number of hydrogen-bond donors (Lipinski definition) is 1. The molecule has 21 heavy (non-hydrogen) atoms. The first-order valence-electron chi connectivity index (χ1n) is 5.93. The van der Waals surface area contributed by atoms with Gasteiger partial charge in [0.15, 0.2) is 9.84 Å². The van der Waals surface area contributed by atoms with E-state index in [0.717, 1.165) is 6.26 Å². The predicted octanol–water partition coefficient (Wildman–Crippen LogP) is 1.77. The van der Waals surface area contributed by atoms with E-state index in [1.54, 1.807) is 18.2 Å². The van der Waals surface area contributed by atoms with Gasteiger partial charge in [0, 0.05) is 18.5 Å². The molecule has 0 fully saturated rings. The molecule has 0 bridgehead atoms. The van der Waals surface area contributed by atoms with Gasteiger partial charge in [-0.3, -0.25) is 14.6 Å². The lowest BCUT2D eigenvalue weighted by Gasteiger charge is -2.05. The van der Waals surface area contributed by atoms with Crippen LogP contribution in [0.1, 0.15) is 0 Å². The summed E-state index contributed by atoms with van der Waals surface area (Å²) in [6.07, 6.45) is 2.54. The number of H-pyrrole nitrogens is 1. The summed E-state index contributed by atoms with van der Waals surface area (Å²) in [7, 11) is -3.26. The van der Waals surface area contributed by atoms with Gasteiger partial charge in [-0.2, -0.15) is 0 Å². The largest absolute Gasteiger partial charge is 0.273 e. The first kappa shape index (κ1) is 13.8. The first-order valence-corrected chi connectivity index (χ1v) is 8.20. The number of halogens is 1. The zero-order valence-electron chi connectivity index (χ0n) is 10.9. The number of rotatable bonds is 2. The molecule has 0 unspecified atom stereocenters. The lowest BCUT2D eigenvalue weighted by molar-refractivity contribution is 0.602. The van der Waals surface area contributed by atoms with Crippen LogP contribution in [-0.4, -0.2) is 29.4 Å². The average molecular weight is 324 g/mol. The van der Waals surface area contributed by atoms with E-state index in [1.807, 2.05) is 0 Å². The van der Waals surface area contributed by atoms with Gasteiger partial charge in [0.25, 0.3) is 5.56 Å². The van der Waals surface area contributed by atoms with Crippen LogP contribution in [0.3, 0.4) is 0 Å². The van der Waals surface area contributed by atoms with Crippen molar-refractivity contribution in [2.24, 2.45) is 0 Å². The summed E-state index contributed by atoms with van der Waals surface area (Å²) in [5.41, 5.74) is 0.908. The Morgan fingerprint density at radius 1 is 1.24 bits per heavy atom. The normalized spacial score (nSPS) is 11.9. The van der Waals surface area contributed by atoms with Gasteiger partial charge in [-0.25, -0.2) is 13.4 Å². The molecule has 1 N–H and O–H groups in total.